The first kappa shape index (κ1) is 24.0. The van der Waals surface area contributed by atoms with E-state index in [2.05, 4.69) is 36.6 Å². The van der Waals surface area contributed by atoms with Gasteiger partial charge in [0.25, 0.3) is 0 Å². The van der Waals surface area contributed by atoms with Gasteiger partial charge in [-0.2, -0.15) is 4.98 Å². The average Bonchev–Trinajstić information content (AvgIpc) is 2.84. The van der Waals surface area contributed by atoms with Crippen LogP contribution in [-0.4, -0.2) is 55.6 Å². The SMILES string of the molecule is C/C=C\C(=NC)Nc1ncc(C(=O)OCC)c(Nc2cccc(N3CCCCC3)c2OC)n1. The molecule has 1 saturated heterocycles. The zero-order valence-electron chi connectivity index (χ0n) is 19.7. The van der Waals surface area contributed by atoms with Crippen LogP contribution in [-0.2, 0) is 4.74 Å². The molecule has 0 atom stereocenters. The topological polar surface area (TPSA) is 101 Å². The maximum Gasteiger partial charge on any atom is 0.343 e. The van der Waals surface area contributed by atoms with E-state index in [0.717, 1.165) is 31.6 Å². The molecule has 33 heavy (non-hydrogen) atoms. The largest absolute Gasteiger partial charge is 0.492 e. The number of amidine groups is 1. The molecule has 1 aliphatic rings. The Morgan fingerprint density at radius 3 is 2.73 bits per heavy atom. The molecule has 176 valence electrons. The number of methoxy groups -OCH3 is 1. The number of esters is 1. The molecule has 9 heteroatoms. The third-order valence-electron chi connectivity index (χ3n) is 5.24. The molecule has 0 saturated carbocycles. The quantitative estimate of drug-likeness (QED) is 0.345. The summed E-state index contributed by atoms with van der Waals surface area (Å²) in [6.07, 6.45) is 8.66. The van der Waals surface area contributed by atoms with Crippen LogP contribution in [0.5, 0.6) is 5.75 Å². The van der Waals surface area contributed by atoms with E-state index in [0.29, 0.717) is 29.0 Å². The Labute approximate surface area is 194 Å². The van der Waals surface area contributed by atoms with Gasteiger partial charge >= 0.3 is 5.97 Å². The van der Waals surface area contributed by atoms with Gasteiger partial charge in [0.1, 0.15) is 11.4 Å². The number of benzene rings is 1. The molecule has 0 aliphatic carbocycles. The smallest absolute Gasteiger partial charge is 0.343 e. The number of aliphatic imine (C=N–C) groups is 1. The molecule has 0 amide bonds. The zero-order chi connectivity index (χ0) is 23.6. The maximum atomic E-state index is 12.6. The van der Waals surface area contributed by atoms with Crippen molar-refractivity contribution in [2.24, 2.45) is 4.99 Å². The summed E-state index contributed by atoms with van der Waals surface area (Å²) in [5, 5.41) is 6.33. The van der Waals surface area contributed by atoms with E-state index in [-0.39, 0.29) is 12.2 Å². The number of nitrogens with one attached hydrogen (secondary N) is 2. The van der Waals surface area contributed by atoms with Gasteiger partial charge in [0.2, 0.25) is 5.95 Å². The van der Waals surface area contributed by atoms with Crippen LogP contribution in [0.3, 0.4) is 0 Å². The van der Waals surface area contributed by atoms with Crippen LogP contribution in [0, 0.1) is 0 Å². The molecule has 0 bridgehead atoms. The minimum atomic E-state index is -0.504. The Hall–Kier alpha value is -3.62. The molecule has 9 nitrogen and oxygen atoms in total. The number of carbonyl (C=O) groups excluding carboxylic acids is 1. The lowest BCUT2D eigenvalue weighted by atomic mass is 10.1. The van der Waals surface area contributed by atoms with Crippen molar-refractivity contribution in [3.05, 3.63) is 42.1 Å². The van der Waals surface area contributed by atoms with Crippen molar-refractivity contribution in [1.29, 1.82) is 0 Å². The highest BCUT2D eigenvalue weighted by atomic mass is 16.5. The number of nitrogens with zero attached hydrogens (tertiary/aromatic N) is 4. The highest BCUT2D eigenvalue weighted by molar-refractivity contribution is 6.03. The average molecular weight is 453 g/mol. The van der Waals surface area contributed by atoms with Crippen LogP contribution in [0.25, 0.3) is 0 Å². The lowest BCUT2D eigenvalue weighted by Gasteiger charge is -2.30. The van der Waals surface area contributed by atoms with Gasteiger partial charge in [-0.25, -0.2) is 9.78 Å². The van der Waals surface area contributed by atoms with Crippen LogP contribution in [0.4, 0.5) is 23.1 Å². The van der Waals surface area contributed by atoms with Crippen molar-refractivity contribution in [1.82, 2.24) is 9.97 Å². The van der Waals surface area contributed by atoms with Gasteiger partial charge in [-0.3, -0.25) is 4.99 Å². The molecule has 1 aromatic carbocycles. The first-order chi connectivity index (χ1) is 16.1. The van der Waals surface area contributed by atoms with E-state index >= 15 is 0 Å². The number of anilines is 4. The van der Waals surface area contributed by atoms with Crippen LogP contribution < -0.4 is 20.3 Å². The predicted molar refractivity (Wildman–Crippen MR) is 132 cm³/mol. The highest BCUT2D eigenvalue weighted by Crippen LogP contribution is 2.38. The molecule has 1 fully saturated rings. The van der Waals surface area contributed by atoms with Gasteiger partial charge in [-0.05, 0) is 51.3 Å². The summed E-state index contributed by atoms with van der Waals surface area (Å²) in [7, 11) is 3.32. The second-order valence-corrected chi connectivity index (χ2v) is 7.44. The number of piperidine rings is 1. The minimum absolute atomic E-state index is 0.230. The Morgan fingerprint density at radius 2 is 2.06 bits per heavy atom. The van der Waals surface area contributed by atoms with Crippen molar-refractivity contribution < 1.29 is 14.3 Å². The van der Waals surface area contributed by atoms with E-state index in [1.54, 1.807) is 27.2 Å². The van der Waals surface area contributed by atoms with E-state index in [9.17, 15) is 4.79 Å². The Kier molecular flexibility index (Phi) is 8.63. The first-order valence-electron chi connectivity index (χ1n) is 11.2. The number of para-hydroxylation sites is 1. The second-order valence-electron chi connectivity index (χ2n) is 7.44. The predicted octanol–water partition coefficient (Wildman–Crippen LogP) is 4.41. The monoisotopic (exact) mass is 452 g/mol. The van der Waals surface area contributed by atoms with Crippen molar-refractivity contribution in [2.45, 2.75) is 33.1 Å². The molecule has 3 rings (SSSR count). The Morgan fingerprint density at radius 1 is 1.27 bits per heavy atom. The van der Waals surface area contributed by atoms with Gasteiger partial charge in [0.15, 0.2) is 11.6 Å². The minimum Gasteiger partial charge on any atom is -0.492 e. The number of rotatable bonds is 8. The normalized spacial score (nSPS) is 14.3. The van der Waals surface area contributed by atoms with Gasteiger partial charge in [-0.15, -0.1) is 0 Å². The standard InChI is InChI=1S/C24H32N6O3/c1-5-11-20(25-3)28-24-26-16-17(23(31)33-6-2)22(29-24)27-18-12-10-13-19(21(18)32-4)30-14-8-7-9-15-30/h5,10-13,16H,6-9,14-15H2,1-4H3,(H2,25,26,27,28,29)/b11-5-. The van der Waals surface area contributed by atoms with Crippen LogP contribution in [0.2, 0.25) is 0 Å². The van der Waals surface area contributed by atoms with Crippen molar-refractivity contribution in [3.63, 3.8) is 0 Å². The molecule has 2 N–H and O–H groups in total. The summed E-state index contributed by atoms with van der Waals surface area (Å²) < 4.78 is 11.0. The Balaban J connectivity index is 1.99. The molecule has 2 aromatic rings. The summed E-state index contributed by atoms with van der Waals surface area (Å²) in [6, 6.07) is 5.91. The molecular weight excluding hydrogens is 420 g/mol. The van der Waals surface area contributed by atoms with Crippen LogP contribution >= 0.6 is 0 Å². The first-order valence-corrected chi connectivity index (χ1v) is 11.2. The summed E-state index contributed by atoms with van der Waals surface area (Å²) in [6.45, 7) is 5.87. The third-order valence-corrected chi connectivity index (χ3v) is 5.24. The number of hydrogen-bond donors (Lipinski definition) is 2. The number of hydrogen-bond acceptors (Lipinski definition) is 8. The Bertz CT molecular complexity index is 1020. The van der Waals surface area contributed by atoms with E-state index < -0.39 is 5.97 Å². The fraction of sp³-hybridized carbons (Fsp3) is 0.417. The van der Waals surface area contributed by atoms with Gasteiger partial charge in [-0.1, -0.05) is 12.1 Å². The molecule has 1 aliphatic heterocycles. The third kappa shape index (κ3) is 6.00. The number of ether oxygens (including phenoxy) is 2. The number of aromatic nitrogens is 2. The number of carbonyl (C=O) groups is 1. The maximum absolute atomic E-state index is 12.6. The molecule has 2 heterocycles. The highest BCUT2D eigenvalue weighted by Gasteiger charge is 2.21. The van der Waals surface area contributed by atoms with Crippen molar-refractivity contribution in [3.8, 4) is 5.75 Å². The lowest BCUT2D eigenvalue weighted by Crippen LogP contribution is -2.29. The molecule has 0 spiro atoms. The fourth-order valence-electron chi connectivity index (χ4n) is 3.69. The summed E-state index contributed by atoms with van der Waals surface area (Å²) in [4.78, 5) is 27.9. The van der Waals surface area contributed by atoms with Crippen molar-refractivity contribution >= 4 is 34.9 Å². The fourth-order valence-corrected chi connectivity index (χ4v) is 3.69. The molecular formula is C24H32N6O3. The van der Waals surface area contributed by atoms with E-state index in [1.165, 1.54) is 12.6 Å². The molecule has 1 aromatic heterocycles. The van der Waals surface area contributed by atoms with Crippen molar-refractivity contribution in [2.75, 3.05) is 49.4 Å². The van der Waals surface area contributed by atoms with E-state index in [4.69, 9.17) is 9.47 Å². The van der Waals surface area contributed by atoms with Gasteiger partial charge in [0.05, 0.1) is 25.1 Å². The second kappa shape index (κ2) is 11.8. The van der Waals surface area contributed by atoms with Gasteiger partial charge < -0.3 is 25.0 Å². The lowest BCUT2D eigenvalue weighted by molar-refractivity contribution is 0.0526. The summed E-state index contributed by atoms with van der Waals surface area (Å²) in [5.74, 6) is 1.41. The molecule has 0 unspecified atom stereocenters. The van der Waals surface area contributed by atoms with Crippen LogP contribution in [0.15, 0.2) is 41.5 Å². The molecule has 0 radical (unpaired) electrons. The van der Waals surface area contributed by atoms with E-state index in [1.807, 2.05) is 25.1 Å². The zero-order valence-corrected chi connectivity index (χ0v) is 19.7. The van der Waals surface area contributed by atoms with Gasteiger partial charge in [0, 0.05) is 26.3 Å². The van der Waals surface area contributed by atoms with Crippen LogP contribution in [0.1, 0.15) is 43.5 Å². The summed E-state index contributed by atoms with van der Waals surface area (Å²) >= 11 is 0. The summed E-state index contributed by atoms with van der Waals surface area (Å²) in [5.41, 5.74) is 1.95. The number of allylic oxidation sites excluding steroid dienone is 1.